The molecule has 1 aromatic rings. The van der Waals surface area contributed by atoms with Crippen LogP contribution in [0.15, 0.2) is 30.3 Å². The van der Waals surface area contributed by atoms with Crippen molar-refractivity contribution in [3.05, 3.63) is 35.9 Å². The summed E-state index contributed by atoms with van der Waals surface area (Å²) in [5.74, 6) is 0. The predicted molar refractivity (Wildman–Crippen MR) is 54.6 cm³/mol. The third-order valence-corrected chi connectivity index (χ3v) is 2.37. The van der Waals surface area contributed by atoms with Crippen molar-refractivity contribution in [2.45, 2.75) is 12.2 Å². The largest absolute Gasteiger partial charge is 0.456 e. The maximum atomic E-state index is 10.9. The van der Waals surface area contributed by atoms with Gasteiger partial charge in [-0.3, -0.25) is 4.79 Å². The summed E-state index contributed by atoms with van der Waals surface area (Å²) in [6, 6.07) is 9.17. The number of hydrogen-bond donors (Lipinski definition) is 1. The van der Waals surface area contributed by atoms with Gasteiger partial charge in [-0.05, 0) is 5.56 Å². The third-order valence-electron chi connectivity index (χ3n) is 2.37. The Morgan fingerprint density at radius 1 is 1.44 bits per heavy atom. The number of cyclic esters (lactones) is 1. The van der Waals surface area contributed by atoms with Gasteiger partial charge in [-0.15, -0.1) is 0 Å². The highest BCUT2D eigenvalue weighted by molar-refractivity contribution is 5.69. The van der Waals surface area contributed by atoms with E-state index in [-0.39, 0.29) is 0 Å². The zero-order valence-electron chi connectivity index (χ0n) is 8.46. The highest BCUT2D eigenvalue weighted by Crippen LogP contribution is 2.24. The lowest BCUT2D eigenvalue weighted by Crippen LogP contribution is -2.24. The molecule has 84 valence electrons. The minimum atomic E-state index is -0.558. The molecule has 16 heavy (non-hydrogen) atoms. The molecule has 5 heteroatoms. The lowest BCUT2D eigenvalue weighted by atomic mass is 10.0. The summed E-state index contributed by atoms with van der Waals surface area (Å²) in [5.41, 5.74) is 0.802. The molecule has 1 aliphatic rings. The summed E-state index contributed by atoms with van der Waals surface area (Å²) < 4.78 is 9.96. The Morgan fingerprint density at radius 3 is 2.75 bits per heavy atom. The normalized spacial score (nSPS) is 20.8. The molecule has 0 radical (unpaired) electrons. The van der Waals surface area contributed by atoms with Crippen LogP contribution in [0, 0.1) is 0 Å². The standard InChI is InChI=1S/C11H11NO4/c13-7-15-10(8-4-2-1-3-5-8)9-6-12-11(14)16-9/h1-5,7,9-10H,6H2,(H,12,14). The van der Waals surface area contributed by atoms with Crippen LogP contribution in [0.2, 0.25) is 0 Å². The van der Waals surface area contributed by atoms with Crippen LogP contribution in [0.3, 0.4) is 0 Å². The Labute approximate surface area is 92.4 Å². The van der Waals surface area contributed by atoms with Gasteiger partial charge in [0.05, 0.1) is 6.54 Å². The molecule has 2 unspecified atom stereocenters. The summed E-state index contributed by atoms with van der Waals surface area (Å²) >= 11 is 0. The fourth-order valence-corrected chi connectivity index (χ4v) is 1.66. The molecule has 0 saturated carbocycles. The van der Waals surface area contributed by atoms with E-state index in [1.165, 1.54) is 0 Å². The maximum Gasteiger partial charge on any atom is 0.407 e. The van der Waals surface area contributed by atoms with Crippen LogP contribution < -0.4 is 5.32 Å². The van der Waals surface area contributed by atoms with Crippen LogP contribution in [0.25, 0.3) is 0 Å². The first-order chi connectivity index (χ1) is 7.81. The molecule has 1 aromatic carbocycles. The highest BCUT2D eigenvalue weighted by atomic mass is 16.6. The number of amides is 1. The summed E-state index contributed by atoms with van der Waals surface area (Å²) in [5, 5.41) is 2.52. The Hall–Kier alpha value is -2.04. The average Bonchev–Trinajstić information content (AvgIpc) is 2.74. The van der Waals surface area contributed by atoms with Gasteiger partial charge in [0.1, 0.15) is 0 Å². The van der Waals surface area contributed by atoms with Gasteiger partial charge in [0.25, 0.3) is 6.47 Å². The molecule has 5 nitrogen and oxygen atoms in total. The zero-order valence-corrected chi connectivity index (χ0v) is 8.46. The monoisotopic (exact) mass is 221 g/mol. The van der Waals surface area contributed by atoms with Gasteiger partial charge in [-0.25, -0.2) is 4.79 Å². The van der Waals surface area contributed by atoms with Crippen molar-refractivity contribution in [2.24, 2.45) is 0 Å². The van der Waals surface area contributed by atoms with Gasteiger partial charge in [-0.2, -0.15) is 0 Å². The molecule has 1 heterocycles. The van der Waals surface area contributed by atoms with Crippen LogP contribution in [0.4, 0.5) is 4.79 Å². The Balaban J connectivity index is 2.17. The Bertz CT molecular complexity index is 379. The molecule has 0 aromatic heterocycles. The van der Waals surface area contributed by atoms with Crippen LogP contribution in [-0.2, 0) is 14.3 Å². The number of carbonyl (C=O) groups excluding carboxylic acids is 2. The number of nitrogens with one attached hydrogen (secondary N) is 1. The van der Waals surface area contributed by atoms with Crippen LogP contribution in [0.1, 0.15) is 11.7 Å². The first kappa shape index (κ1) is 10.5. The third kappa shape index (κ3) is 2.13. The average molecular weight is 221 g/mol. The summed E-state index contributed by atoms with van der Waals surface area (Å²) in [4.78, 5) is 21.4. The second-order valence-corrected chi connectivity index (χ2v) is 3.39. The van der Waals surface area contributed by atoms with E-state index in [1.54, 1.807) is 0 Å². The zero-order chi connectivity index (χ0) is 11.4. The molecule has 0 bridgehead atoms. The minimum Gasteiger partial charge on any atom is -0.456 e. The molecule has 1 fully saturated rings. The Kier molecular flexibility index (Phi) is 3.05. The second-order valence-electron chi connectivity index (χ2n) is 3.39. The van der Waals surface area contributed by atoms with Gasteiger partial charge in [0, 0.05) is 0 Å². The van der Waals surface area contributed by atoms with E-state index in [1.807, 2.05) is 30.3 Å². The fraction of sp³-hybridized carbons (Fsp3) is 0.273. The number of ether oxygens (including phenoxy) is 2. The Morgan fingerprint density at radius 2 is 2.19 bits per heavy atom. The molecule has 2 rings (SSSR count). The molecule has 1 aliphatic heterocycles. The number of alkyl carbamates (subject to hydrolysis) is 1. The van der Waals surface area contributed by atoms with Crippen molar-refractivity contribution in [1.29, 1.82) is 0 Å². The van der Waals surface area contributed by atoms with Gasteiger partial charge < -0.3 is 14.8 Å². The van der Waals surface area contributed by atoms with E-state index in [0.29, 0.717) is 13.0 Å². The van der Waals surface area contributed by atoms with Crippen molar-refractivity contribution in [2.75, 3.05) is 6.54 Å². The summed E-state index contributed by atoms with van der Waals surface area (Å²) in [6.45, 7) is 0.704. The van der Waals surface area contributed by atoms with Crippen LogP contribution in [-0.4, -0.2) is 25.2 Å². The first-order valence-corrected chi connectivity index (χ1v) is 4.90. The highest BCUT2D eigenvalue weighted by Gasteiger charge is 2.33. The topological polar surface area (TPSA) is 64.6 Å². The van der Waals surface area contributed by atoms with E-state index in [0.717, 1.165) is 5.56 Å². The van der Waals surface area contributed by atoms with E-state index in [9.17, 15) is 9.59 Å². The number of hydrogen-bond acceptors (Lipinski definition) is 4. The van der Waals surface area contributed by atoms with Crippen molar-refractivity contribution in [1.82, 2.24) is 5.32 Å². The van der Waals surface area contributed by atoms with E-state index >= 15 is 0 Å². The van der Waals surface area contributed by atoms with Crippen molar-refractivity contribution < 1.29 is 19.1 Å². The van der Waals surface area contributed by atoms with Gasteiger partial charge in [0.15, 0.2) is 12.2 Å². The molecule has 1 saturated heterocycles. The molecule has 1 amide bonds. The molecular weight excluding hydrogens is 210 g/mol. The van der Waals surface area contributed by atoms with Crippen molar-refractivity contribution in [3.63, 3.8) is 0 Å². The van der Waals surface area contributed by atoms with E-state index in [4.69, 9.17) is 9.47 Å². The number of carbonyl (C=O) groups is 2. The minimum absolute atomic E-state index is 0.340. The quantitative estimate of drug-likeness (QED) is 0.770. The molecule has 2 atom stereocenters. The van der Waals surface area contributed by atoms with Crippen LogP contribution >= 0.6 is 0 Å². The fourth-order valence-electron chi connectivity index (χ4n) is 1.66. The predicted octanol–water partition coefficient (Wildman–Crippen LogP) is 1.01. The van der Waals surface area contributed by atoms with Crippen molar-refractivity contribution >= 4 is 12.6 Å². The lowest BCUT2D eigenvalue weighted by molar-refractivity contribution is -0.138. The number of benzene rings is 1. The van der Waals surface area contributed by atoms with Crippen molar-refractivity contribution in [3.8, 4) is 0 Å². The molecule has 0 spiro atoms. The van der Waals surface area contributed by atoms with Gasteiger partial charge in [-0.1, -0.05) is 30.3 Å². The van der Waals surface area contributed by atoms with Gasteiger partial charge in [0.2, 0.25) is 0 Å². The molecular formula is C11H11NO4. The second kappa shape index (κ2) is 4.65. The summed E-state index contributed by atoms with van der Waals surface area (Å²) in [6.07, 6.45) is -1.52. The van der Waals surface area contributed by atoms with Crippen LogP contribution in [0.5, 0.6) is 0 Å². The van der Waals surface area contributed by atoms with E-state index < -0.39 is 18.3 Å². The number of rotatable bonds is 4. The molecule has 1 N–H and O–H groups in total. The lowest BCUT2D eigenvalue weighted by Gasteiger charge is -2.19. The van der Waals surface area contributed by atoms with E-state index in [2.05, 4.69) is 5.32 Å². The summed E-state index contributed by atoms with van der Waals surface area (Å²) in [7, 11) is 0. The smallest absolute Gasteiger partial charge is 0.407 e. The maximum absolute atomic E-state index is 10.9. The van der Waals surface area contributed by atoms with Gasteiger partial charge >= 0.3 is 6.09 Å². The molecule has 0 aliphatic carbocycles. The SMILES string of the molecule is O=COC(c1ccccc1)C1CNC(=O)O1. The first-order valence-electron chi connectivity index (χ1n) is 4.90.